The molecule has 0 unspecified atom stereocenters. The van der Waals surface area contributed by atoms with Crippen molar-refractivity contribution in [3.8, 4) is 0 Å². The van der Waals surface area contributed by atoms with Crippen LogP contribution in [0.5, 0.6) is 0 Å². The molecule has 2 rings (SSSR count). The molecule has 0 bridgehead atoms. The minimum Gasteiger partial charge on any atom is -0.336 e. The van der Waals surface area contributed by atoms with Crippen molar-refractivity contribution in [2.45, 2.75) is 6.54 Å². The van der Waals surface area contributed by atoms with Crippen LogP contribution in [-0.2, 0) is 6.54 Å². The highest BCUT2D eigenvalue weighted by molar-refractivity contribution is 6.34. The number of amides is 1. The lowest BCUT2D eigenvalue weighted by Gasteiger charge is -2.17. The first kappa shape index (κ1) is 13.8. The summed E-state index contributed by atoms with van der Waals surface area (Å²) < 4.78 is 0. The minimum atomic E-state index is -0.222. The first-order chi connectivity index (χ1) is 9.08. The van der Waals surface area contributed by atoms with Gasteiger partial charge in [0, 0.05) is 13.2 Å². The molecule has 0 aliphatic heterocycles. The zero-order valence-electron chi connectivity index (χ0n) is 10.2. The van der Waals surface area contributed by atoms with Gasteiger partial charge in [0.25, 0.3) is 5.91 Å². The number of rotatable bonds is 3. The van der Waals surface area contributed by atoms with Gasteiger partial charge in [-0.2, -0.15) is 0 Å². The van der Waals surface area contributed by atoms with Gasteiger partial charge in [0.2, 0.25) is 0 Å². The summed E-state index contributed by atoms with van der Waals surface area (Å²) in [4.78, 5) is 21.8. The predicted octanol–water partition coefficient (Wildman–Crippen LogP) is 3.06. The zero-order chi connectivity index (χ0) is 13.8. The van der Waals surface area contributed by atoms with Crippen LogP contribution in [0.25, 0.3) is 0 Å². The van der Waals surface area contributed by atoms with Crippen LogP contribution >= 0.6 is 23.2 Å². The third kappa shape index (κ3) is 3.43. The first-order valence-electron chi connectivity index (χ1n) is 5.55. The van der Waals surface area contributed by atoms with Crippen LogP contribution in [-0.4, -0.2) is 27.8 Å². The van der Waals surface area contributed by atoms with Gasteiger partial charge in [-0.25, -0.2) is 4.98 Å². The van der Waals surface area contributed by atoms with Crippen molar-refractivity contribution in [1.82, 2.24) is 14.9 Å². The molecule has 1 amide bonds. The van der Waals surface area contributed by atoms with Crippen LogP contribution in [0.2, 0.25) is 10.3 Å². The summed E-state index contributed by atoms with van der Waals surface area (Å²) in [6.07, 6.45) is 1.68. The van der Waals surface area contributed by atoms with E-state index in [2.05, 4.69) is 9.97 Å². The lowest BCUT2D eigenvalue weighted by atomic mass is 10.2. The van der Waals surface area contributed by atoms with Crippen LogP contribution in [0.15, 0.2) is 36.5 Å². The molecular formula is C13H11Cl2N3O. The lowest BCUT2D eigenvalue weighted by molar-refractivity contribution is 0.0783. The van der Waals surface area contributed by atoms with Crippen molar-refractivity contribution in [2.24, 2.45) is 0 Å². The van der Waals surface area contributed by atoms with Crippen molar-refractivity contribution >= 4 is 29.1 Å². The van der Waals surface area contributed by atoms with E-state index in [1.165, 1.54) is 11.0 Å². The Hall–Kier alpha value is -1.65. The molecule has 0 saturated carbocycles. The zero-order valence-corrected chi connectivity index (χ0v) is 11.7. The van der Waals surface area contributed by atoms with Gasteiger partial charge in [-0.1, -0.05) is 29.3 Å². The van der Waals surface area contributed by atoms with Crippen molar-refractivity contribution in [2.75, 3.05) is 7.05 Å². The minimum absolute atomic E-state index is 0.102. The van der Waals surface area contributed by atoms with Gasteiger partial charge in [-0.15, -0.1) is 0 Å². The normalized spacial score (nSPS) is 10.3. The summed E-state index contributed by atoms with van der Waals surface area (Å²) in [5, 5.41) is 0.360. The Balaban J connectivity index is 2.15. The number of halogens is 2. The van der Waals surface area contributed by atoms with Crippen LogP contribution in [0.4, 0.5) is 0 Å². The highest BCUT2D eigenvalue weighted by atomic mass is 35.5. The largest absolute Gasteiger partial charge is 0.336 e. The molecule has 0 aliphatic rings. The smallest absolute Gasteiger partial charge is 0.257 e. The van der Waals surface area contributed by atoms with Gasteiger partial charge in [0.1, 0.15) is 10.3 Å². The summed E-state index contributed by atoms with van der Waals surface area (Å²) >= 11 is 11.6. The molecule has 0 aromatic carbocycles. The second kappa shape index (κ2) is 5.99. The van der Waals surface area contributed by atoms with Crippen molar-refractivity contribution in [3.63, 3.8) is 0 Å². The van der Waals surface area contributed by atoms with E-state index >= 15 is 0 Å². The fourth-order valence-corrected chi connectivity index (χ4v) is 2.01. The molecule has 0 fully saturated rings. The quantitative estimate of drug-likeness (QED) is 0.818. The van der Waals surface area contributed by atoms with E-state index in [4.69, 9.17) is 23.2 Å². The number of nitrogens with zero attached hydrogens (tertiary/aromatic N) is 3. The monoisotopic (exact) mass is 295 g/mol. The van der Waals surface area contributed by atoms with Gasteiger partial charge in [-0.05, 0) is 24.3 Å². The molecule has 2 heterocycles. The summed E-state index contributed by atoms with van der Waals surface area (Å²) in [5.41, 5.74) is 1.13. The van der Waals surface area contributed by atoms with Gasteiger partial charge in [0.05, 0.1) is 17.8 Å². The molecule has 4 nitrogen and oxygen atoms in total. The average molecular weight is 296 g/mol. The Labute approximate surface area is 121 Å². The van der Waals surface area contributed by atoms with Crippen molar-refractivity contribution < 1.29 is 4.79 Å². The SMILES string of the molecule is CN(Cc1ccccn1)C(=O)c1ccc(Cl)nc1Cl. The third-order valence-electron chi connectivity index (χ3n) is 2.52. The Kier molecular flexibility index (Phi) is 4.35. The summed E-state index contributed by atoms with van der Waals surface area (Å²) in [7, 11) is 1.68. The molecule has 2 aromatic heterocycles. The molecule has 0 aliphatic carbocycles. The number of hydrogen-bond acceptors (Lipinski definition) is 3. The topological polar surface area (TPSA) is 46.1 Å². The van der Waals surface area contributed by atoms with Crippen LogP contribution < -0.4 is 0 Å². The number of hydrogen-bond donors (Lipinski definition) is 0. The van der Waals surface area contributed by atoms with E-state index in [0.29, 0.717) is 12.1 Å². The van der Waals surface area contributed by atoms with E-state index < -0.39 is 0 Å². The molecule has 0 N–H and O–H groups in total. The standard InChI is InChI=1S/C13H11Cl2N3O/c1-18(8-9-4-2-3-7-16-9)13(19)10-5-6-11(14)17-12(10)15/h2-7H,8H2,1H3. The molecule has 19 heavy (non-hydrogen) atoms. The maximum Gasteiger partial charge on any atom is 0.257 e. The Morgan fingerprint density at radius 3 is 2.68 bits per heavy atom. The van der Waals surface area contributed by atoms with Gasteiger partial charge >= 0.3 is 0 Å². The van der Waals surface area contributed by atoms with Gasteiger partial charge in [0.15, 0.2) is 0 Å². The van der Waals surface area contributed by atoms with Crippen LogP contribution in [0.3, 0.4) is 0 Å². The van der Waals surface area contributed by atoms with Crippen molar-refractivity contribution in [3.05, 3.63) is 58.1 Å². The van der Waals surface area contributed by atoms with Crippen molar-refractivity contribution in [1.29, 1.82) is 0 Å². The first-order valence-corrected chi connectivity index (χ1v) is 6.31. The molecule has 2 aromatic rings. The summed E-state index contributed by atoms with van der Waals surface area (Å²) in [5.74, 6) is -0.222. The third-order valence-corrected chi connectivity index (χ3v) is 3.02. The number of aromatic nitrogens is 2. The van der Waals surface area contributed by atoms with E-state index in [-0.39, 0.29) is 16.2 Å². The second-order valence-electron chi connectivity index (χ2n) is 3.95. The Bertz CT molecular complexity index is 590. The number of carbonyl (C=O) groups excluding carboxylic acids is 1. The van der Waals surface area contributed by atoms with Gasteiger partial charge in [-0.3, -0.25) is 9.78 Å². The van der Waals surface area contributed by atoms with Crippen LogP contribution in [0, 0.1) is 0 Å². The van der Waals surface area contributed by atoms with E-state index in [1.54, 1.807) is 19.3 Å². The van der Waals surface area contributed by atoms with E-state index in [9.17, 15) is 4.79 Å². The second-order valence-corrected chi connectivity index (χ2v) is 4.70. The van der Waals surface area contributed by atoms with E-state index in [1.807, 2.05) is 18.2 Å². The molecule has 6 heteroatoms. The van der Waals surface area contributed by atoms with Crippen LogP contribution in [0.1, 0.15) is 16.1 Å². The highest BCUT2D eigenvalue weighted by Gasteiger charge is 2.16. The molecule has 0 atom stereocenters. The lowest BCUT2D eigenvalue weighted by Crippen LogP contribution is -2.27. The summed E-state index contributed by atoms with van der Waals surface area (Å²) in [6.45, 7) is 0.401. The molecule has 98 valence electrons. The Morgan fingerprint density at radius 2 is 2.05 bits per heavy atom. The number of pyridine rings is 2. The maximum absolute atomic E-state index is 12.2. The molecular weight excluding hydrogens is 285 g/mol. The van der Waals surface area contributed by atoms with Gasteiger partial charge < -0.3 is 4.90 Å². The van der Waals surface area contributed by atoms with E-state index in [0.717, 1.165) is 5.69 Å². The molecule has 0 saturated heterocycles. The molecule has 0 spiro atoms. The highest BCUT2D eigenvalue weighted by Crippen LogP contribution is 2.18. The number of carbonyl (C=O) groups is 1. The predicted molar refractivity (Wildman–Crippen MR) is 74.3 cm³/mol. The average Bonchev–Trinajstić information content (AvgIpc) is 2.39. The summed E-state index contributed by atoms with van der Waals surface area (Å²) in [6, 6.07) is 8.65. The fourth-order valence-electron chi connectivity index (χ4n) is 1.58. The molecule has 0 radical (unpaired) electrons. The maximum atomic E-state index is 12.2. The Morgan fingerprint density at radius 1 is 1.26 bits per heavy atom. The fraction of sp³-hybridized carbons (Fsp3) is 0.154.